The number of nitrogens with zero attached hydrogens (tertiary/aromatic N) is 4. The molecule has 8 heteroatoms. The number of ether oxygens (including phenoxy) is 1. The van der Waals surface area contributed by atoms with Gasteiger partial charge in [0.25, 0.3) is 0 Å². The van der Waals surface area contributed by atoms with Gasteiger partial charge in [0.1, 0.15) is 11.5 Å². The van der Waals surface area contributed by atoms with Crippen LogP contribution in [0, 0.1) is 12.7 Å². The van der Waals surface area contributed by atoms with Gasteiger partial charge in [0, 0.05) is 17.8 Å². The lowest BCUT2D eigenvalue weighted by Crippen LogP contribution is -2.25. The first kappa shape index (κ1) is 16.6. The summed E-state index contributed by atoms with van der Waals surface area (Å²) in [5.41, 5.74) is 4.69. The Morgan fingerprint density at radius 2 is 1.96 bits per heavy atom. The summed E-state index contributed by atoms with van der Waals surface area (Å²) in [5.74, 6) is 0.278. The second-order valence-electron chi connectivity index (χ2n) is 5.80. The van der Waals surface area contributed by atoms with Gasteiger partial charge in [-0.2, -0.15) is 0 Å². The number of rotatable bonds is 3. The van der Waals surface area contributed by atoms with Gasteiger partial charge in [-0.1, -0.05) is 6.07 Å². The smallest absolute Gasteiger partial charge is 0.406 e. The van der Waals surface area contributed by atoms with E-state index in [0.29, 0.717) is 22.4 Å². The van der Waals surface area contributed by atoms with Gasteiger partial charge in [-0.25, -0.2) is 24.6 Å². The summed E-state index contributed by atoms with van der Waals surface area (Å²) in [5, 5.41) is 0.707. The highest BCUT2D eigenvalue weighted by atomic mass is 19.1. The Bertz CT molecular complexity index is 1110. The Hall–Kier alpha value is -3.81. The molecule has 1 N–H and O–H groups in total. The molecule has 3 heterocycles. The maximum absolute atomic E-state index is 13.4. The Balaban J connectivity index is 1.48. The predicted molar refractivity (Wildman–Crippen MR) is 97.3 cm³/mol. The second-order valence-corrected chi connectivity index (χ2v) is 5.80. The zero-order valence-electron chi connectivity index (χ0n) is 14.3. The van der Waals surface area contributed by atoms with Crippen molar-refractivity contribution in [2.45, 2.75) is 6.92 Å². The van der Waals surface area contributed by atoms with E-state index in [2.05, 4.69) is 20.4 Å². The third-order valence-corrected chi connectivity index (χ3v) is 3.91. The average Bonchev–Trinajstić information content (AvgIpc) is 2.98. The molecule has 1 aromatic carbocycles. The lowest BCUT2D eigenvalue weighted by molar-refractivity contribution is 0.211. The largest absolute Gasteiger partial charge is 0.432 e. The summed E-state index contributed by atoms with van der Waals surface area (Å²) < 4.78 is 20.1. The molecule has 0 radical (unpaired) electrons. The van der Waals surface area contributed by atoms with Crippen LogP contribution in [0.4, 0.5) is 9.18 Å². The minimum absolute atomic E-state index is 0.186. The molecule has 0 aliphatic carbocycles. The number of halogens is 1. The maximum atomic E-state index is 13.4. The molecule has 0 bridgehead atoms. The third-order valence-electron chi connectivity index (χ3n) is 3.91. The van der Waals surface area contributed by atoms with Crippen molar-refractivity contribution < 1.29 is 13.9 Å². The van der Waals surface area contributed by atoms with E-state index in [0.717, 1.165) is 5.56 Å². The van der Waals surface area contributed by atoms with Crippen molar-refractivity contribution in [1.29, 1.82) is 0 Å². The van der Waals surface area contributed by atoms with Crippen LogP contribution in [-0.2, 0) is 0 Å². The van der Waals surface area contributed by atoms with Crippen LogP contribution in [0.5, 0.6) is 5.75 Å². The molecule has 134 valence electrons. The molecule has 4 rings (SSSR count). The van der Waals surface area contributed by atoms with Gasteiger partial charge in [-0.05, 0) is 42.8 Å². The minimum atomic E-state index is -0.717. The Morgan fingerprint density at radius 1 is 1.15 bits per heavy atom. The van der Waals surface area contributed by atoms with Gasteiger partial charge in [0.2, 0.25) is 0 Å². The SMILES string of the molecule is Cc1cn(NC(=O)Oc2cnc(-c3ccccn3)nc2)c2ccc(F)cc12. The molecule has 4 aromatic rings. The molecule has 0 unspecified atom stereocenters. The van der Waals surface area contributed by atoms with Crippen molar-refractivity contribution >= 4 is 17.0 Å². The van der Waals surface area contributed by atoms with E-state index in [1.807, 2.05) is 13.0 Å². The highest BCUT2D eigenvalue weighted by molar-refractivity contribution is 5.87. The summed E-state index contributed by atoms with van der Waals surface area (Å²) in [6, 6.07) is 9.74. The molecule has 27 heavy (non-hydrogen) atoms. The van der Waals surface area contributed by atoms with Crippen LogP contribution in [-0.4, -0.2) is 25.7 Å². The van der Waals surface area contributed by atoms with Crippen LogP contribution in [0.1, 0.15) is 5.56 Å². The highest BCUT2D eigenvalue weighted by Crippen LogP contribution is 2.21. The molecular formula is C19H14FN5O2. The topological polar surface area (TPSA) is 81.9 Å². The number of pyridine rings is 1. The molecule has 0 atom stereocenters. The van der Waals surface area contributed by atoms with Gasteiger partial charge >= 0.3 is 6.09 Å². The first-order valence-electron chi connectivity index (χ1n) is 8.09. The first-order chi connectivity index (χ1) is 13.1. The fourth-order valence-corrected chi connectivity index (χ4v) is 2.68. The summed E-state index contributed by atoms with van der Waals surface area (Å²) in [7, 11) is 0. The lowest BCUT2D eigenvalue weighted by atomic mass is 10.2. The first-order valence-corrected chi connectivity index (χ1v) is 8.09. The molecule has 0 fully saturated rings. The van der Waals surface area contributed by atoms with Gasteiger partial charge in [0.15, 0.2) is 11.6 Å². The number of hydrogen-bond donors (Lipinski definition) is 1. The maximum Gasteiger partial charge on any atom is 0.432 e. The molecule has 0 spiro atoms. The number of carbonyl (C=O) groups is 1. The molecule has 3 aromatic heterocycles. The minimum Gasteiger partial charge on any atom is -0.406 e. The van der Waals surface area contributed by atoms with Crippen LogP contribution in [0.15, 0.2) is 61.2 Å². The van der Waals surface area contributed by atoms with Crippen LogP contribution < -0.4 is 10.2 Å². The van der Waals surface area contributed by atoms with Crippen LogP contribution in [0.25, 0.3) is 22.4 Å². The number of carbonyl (C=O) groups excluding carboxylic acids is 1. The Kier molecular flexibility index (Phi) is 4.21. The van der Waals surface area contributed by atoms with Gasteiger partial charge < -0.3 is 4.74 Å². The van der Waals surface area contributed by atoms with Crippen LogP contribution >= 0.6 is 0 Å². The lowest BCUT2D eigenvalue weighted by Gasteiger charge is -2.08. The number of aromatic nitrogens is 4. The zero-order chi connectivity index (χ0) is 18.8. The molecule has 0 aliphatic heterocycles. The van der Waals surface area contributed by atoms with Crippen molar-refractivity contribution in [1.82, 2.24) is 19.6 Å². The van der Waals surface area contributed by atoms with Crippen molar-refractivity contribution in [3.8, 4) is 17.3 Å². The monoisotopic (exact) mass is 363 g/mol. The average molecular weight is 363 g/mol. The fraction of sp³-hybridized carbons (Fsp3) is 0.0526. The third kappa shape index (κ3) is 3.45. The zero-order valence-corrected chi connectivity index (χ0v) is 14.3. The van der Waals surface area contributed by atoms with Crippen LogP contribution in [0.3, 0.4) is 0 Å². The van der Waals surface area contributed by atoms with E-state index in [1.54, 1.807) is 30.6 Å². The Morgan fingerprint density at radius 3 is 2.70 bits per heavy atom. The van der Waals surface area contributed by atoms with Crippen molar-refractivity contribution in [3.63, 3.8) is 0 Å². The summed E-state index contributed by atoms with van der Waals surface area (Å²) in [6.45, 7) is 1.83. The van der Waals surface area contributed by atoms with Gasteiger partial charge in [-0.15, -0.1) is 0 Å². The van der Waals surface area contributed by atoms with E-state index < -0.39 is 6.09 Å². The highest BCUT2D eigenvalue weighted by Gasteiger charge is 2.11. The van der Waals surface area contributed by atoms with Crippen LogP contribution in [0.2, 0.25) is 0 Å². The molecule has 0 saturated heterocycles. The van der Waals surface area contributed by atoms with E-state index in [9.17, 15) is 9.18 Å². The van der Waals surface area contributed by atoms with Gasteiger partial charge in [0.05, 0.1) is 17.9 Å². The van der Waals surface area contributed by atoms with E-state index in [4.69, 9.17) is 4.74 Å². The van der Waals surface area contributed by atoms with Crippen molar-refractivity contribution in [3.05, 3.63) is 72.6 Å². The predicted octanol–water partition coefficient (Wildman–Crippen LogP) is 3.68. The fourth-order valence-electron chi connectivity index (χ4n) is 2.68. The summed E-state index contributed by atoms with van der Waals surface area (Å²) in [4.78, 5) is 24.6. The molecule has 1 amide bonds. The number of benzene rings is 1. The van der Waals surface area contributed by atoms with Crippen molar-refractivity contribution in [2.75, 3.05) is 5.43 Å². The number of amides is 1. The van der Waals surface area contributed by atoms with E-state index in [1.165, 1.54) is 29.2 Å². The second kappa shape index (κ2) is 6.83. The molecule has 7 nitrogen and oxygen atoms in total. The number of nitrogens with one attached hydrogen (secondary N) is 1. The number of fused-ring (bicyclic) bond motifs is 1. The molecular weight excluding hydrogens is 349 g/mol. The molecule has 0 saturated carbocycles. The number of aryl methyl sites for hydroxylation is 1. The van der Waals surface area contributed by atoms with E-state index in [-0.39, 0.29) is 11.6 Å². The van der Waals surface area contributed by atoms with Crippen molar-refractivity contribution in [2.24, 2.45) is 0 Å². The molecule has 0 aliphatic rings. The normalized spacial score (nSPS) is 10.7. The summed E-state index contributed by atoms with van der Waals surface area (Å²) in [6.07, 6.45) is 5.40. The van der Waals surface area contributed by atoms with Gasteiger partial charge in [-0.3, -0.25) is 9.66 Å². The standard InChI is InChI=1S/C19H14FN5O2/c1-12-11-25(17-6-5-13(20)8-15(12)17)24-19(26)27-14-9-22-18(23-10-14)16-4-2-3-7-21-16/h2-11H,1H3,(H,24,26). The van der Waals surface area contributed by atoms with E-state index >= 15 is 0 Å². The summed E-state index contributed by atoms with van der Waals surface area (Å²) >= 11 is 0. The quantitative estimate of drug-likeness (QED) is 0.600. The Labute approximate surface area is 153 Å². The number of hydrogen-bond acceptors (Lipinski definition) is 5.